The second-order valence-electron chi connectivity index (χ2n) is 9.15. The molecular weight excluding hydrogens is 710 g/mol. The number of hydrogen-bond donors (Lipinski definition) is 0. The molecule has 11 nitrogen and oxygen atoms in total. The van der Waals surface area contributed by atoms with E-state index in [1.54, 1.807) is 50.3 Å². The van der Waals surface area contributed by atoms with Crippen molar-refractivity contribution in [3.05, 3.63) is 104 Å². The zero-order valence-corrected chi connectivity index (χ0v) is 27.2. The van der Waals surface area contributed by atoms with E-state index >= 15 is 0 Å². The third kappa shape index (κ3) is 5.69. The molecule has 1 aliphatic heterocycles. The predicted molar refractivity (Wildman–Crippen MR) is 166 cm³/mol. The summed E-state index contributed by atoms with van der Waals surface area (Å²) in [5.74, 6) is 1.14. The van der Waals surface area contributed by atoms with Gasteiger partial charge in [0.2, 0.25) is 0 Å². The third-order valence-electron chi connectivity index (χ3n) is 6.64. The highest BCUT2D eigenvalue weighted by Crippen LogP contribution is 2.41. The summed E-state index contributed by atoms with van der Waals surface area (Å²) in [5.41, 5.74) is 1.37. The molecule has 2 aromatic heterocycles. The Hall–Kier alpha value is -4.01. The number of rotatable bonds is 8. The van der Waals surface area contributed by atoms with Crippen LogP contribution in [0.3, 0.4) is 0 Å². The van der Waals surface area contributed by atoms with Crippen LogP contribution in [0.5, 0.6) is 11.5 Å². The summed E-state index contributed by atoms with van der Waals surface area (Å²) >= 11 is 8.10. The second kappa shape index (κ2) is 12.3. The molecule has 1 aliphatic rings. The van der Waals surface area contributed by atoms with Crippen molar-refractivity contribution >= 4 is 60.9 Å². The van der Waals surface area contributed by atoms with Crippen molar-refractivity contribution in [1.29, 1.82) is 0 Å². The fourth-order valence-corrected chi connectivity index (χ4v) is 6.81. The number of aromatic nitrogens is 1. The molecule has 0 bridgehead atoms. The summed E-state index contributed by atoms with van der Waals surface area (Å²) in [7, 11) is 3.02. The fourth-order valence-electron chi connectivity index (χ4n) is 4.69. The lowest BCUT2D eigenvalue weighted by molar-refractivity contribution is -0.384. The molecule has 14 heteroatoms. The van der Waals surface area contributed by atoms with Crippen molar-refractivity contribution in [3.8, 4) is 22.8 Å². The minimum absolute atomic E-state index is 0.0586. The van der Waals surface area contributed by atoms with Gasteiger partial charge in [0.15, 0.2) is 16.3 Å². The molecule has 0 saturated heterocycles. The van der Waals surface area contributed by atoms with E-state index in [4.69, 9.17) is 18.6 Å². The van der Waals surface area contributed by atoms with Crippen LogP contribution in [-0.2, 0) is 9.53 Å². The van der Waals surface area contributed by atoms with Crippen molar-refractivity contribution in [2.24, 2.45) is 4.99 Å². The molecule has 0 spiro atoms. The Morgan fingerprint density at radius 3 is 2.51 bits per heavy atom. The van der Waals surface area contributed by atoms with E-state index < -0.39 is 16.9 Å². The normalized spacial score (nSPS) is 14.7. The monoisotopic (exact) mass is 731 g/mol. The number of nitro groups is 1. The van der Waals surface area contributed by atoms with Gasteiger partial charge in [-0.2, -0.15) is 0 Å². The highest BCUT2D eigenvalue weighted by Gasteiger charge is 2.35. The first kappa shape index (κ1) is 30.4. The minimum Gasteiger partial charge on any atom is -0.493 e. The number of benzene rings is 2. The number of halogens is 2. The molecule has 0 radical (unpaired) electrons. The van der Waals surface area contributed by atoms with Crippen LogP contribution in [0, 0.1) is 10.1 Å². The van der Waals surface area contributed by atoms with Crippen LogP contribution in [0.1, 0.15) is 31.2 Å². The minimum atomic E-state index is -0.880. The Kier molecular flexibility index (Phi) is 8.71. The molecule has 222 valence electrons. The van der Waals surface area contributed by atoms with Crippen LogP contribution in [0.4, 0.5) is 5.69 Å². The summed E-state index contributed by atoms with van der Waals surface area (Å²) in [5, 5.41) is 11.1. The van der Waals surface area contributed by atoms with E-state index in [2.05, 4.69) is 36.9 Å². The summed E-state index contributed by atoms with van der Waals surface area (Å²) in [6, 6.07) is 10.3. The molecule has 1 unspecified atom stereocenters. The molecule has 2 aromatic carbocycles. The number of methoxy groups -OCH3 is 2. The third-order valence-corrected chi connectivity index (χ3v) is 8.97. The van der Waals surface area contributed by atoms with E-state index in [1.807, 2.05) is 0 Å². The Morgan fingerprint density at radius 2 is 1.86 bits per heavy atom. The number of non-ortho nitro benzene ring substituents is 1. The molecule has 0 amide bonds. The van der Waals surface area contributed by atoms with Crippen molar-refractivity contribution < 1.29 is 28.3 Å². The summed E-state index contributed by atoms with van der Waals surface area (Å²) in [4.78, 5) is 42.8. The Labute approximate surface area is 265 Å². The average molecular weight is 733 g/mol. The molecule has 0 N–H and O–H groups in total. The molecular formula is C29H23Br2N3O8S. The van der Waals surface area contributed by atoms with Gasteiger partial charge in [-0.05, 0) is 65.7 Å². The quantitative estimate of drug-likeness (QED) is 0.132. The Balaban J connectivity index is 1.66. The first-order valence-corrected chi connectivity index (χ1v) is 15.1. The van der Waals surface area contributed by atoms with E-state index in [1.165, 1.54) is 30.9 Å². The summed E-state index contributed by atoms with van der Waals surface area (Å²) in [6.07, 6.45) is 1.59. The molecule has 5 rings (SSSR count). The van der Waals surface area contributed by atoms with Crippen LogP contribution in [0.2, 0.25) is 0 Å². The highest BCUT2D eigenvalue weighted by molar-refractivity contribution is 9.10. The maximum absolute atomic E-state index is 14.0. The van der Waals surface area contributed by atoms with Crippen molar-refractivity contribution in [1.82, 2.24) is 4.57 Å². The molecule has 1 atom stereocenters. The maximum atomic E-state index is 14.0. The van der Waals surface area contributed by atoms with Crippen LogP contribution >= 0.6 is 43.2 Å². The number of esters is 1. The molecule has 0 aliphatic carbocycles. The largest absolute Gasteiger partial charge is 0.493 e. The predicted octanol–water partition coefficient (Wildman–Crippen LogP) is 5.51. The van der Waals surface area contributed by atoms with Crippen LogP contribution < -0.4 is 24.4 Å². The smallest absolute Gasteiger partial charge is 0.338 e. The maximum Gasteiger partial charge on any atom is 0.338 e. The lowest BCUT2D eigenvalue weighted by atomic mass is 9.95. The van der Waals surface area contributed by atoms with Gasteiger partial charge in [0.05, 0.1) is 47.6 Å². The van der Waals surface area contributed by atoms with Gasteiger partial charge in [-0.1, -0.05) is 27.3 Å². The number of thiazole rings is 1. The van der Waals surface area contributed by atoms with Crippen molar-refractivity contribution in [2.75, 3.05) is 20.8 Å². The fraction of sp³-hybridized carbons (Fsp3) is 0.207. The van der Waals surface area contributed by atoms with E-state index in [0.717, 1.165) is 11.3 Å². The van der Waals surface area contributed by atoms with Gasteiger partial charge in [0.25, 0.3) is 11.2 Å². The summed E-state index contributed by atoms with van der Waals surface area (Å²) in [6.45, 7) is 3.55. The number of allylic oxidation sites excluding steroid dienone is 1. The zero-order valence-electron chi connectivity index (χ0n) is 23.2. The van der Waals surface area contributed by atoms with Crippen LogP contribution in [0.25, 0.3) is 17.4 Å². The van der Waals surface area contributed by atoms with Crippen molar-refractivity contribution in [3.63, 3.8) is 0 Å². The lowest BCUT2D eigenvalue weighted by Gasteiger charge is -2.26. The zero-order chi connectivity index (χ0) is 31.0. The molecule has 3 heterocycles. The number of ether oxygens (including phenoxy) is 3. The van der Waals surface area contributed by atoms with Gasteiger partial charge in [-0.15, -0.1) is 0 Å². The van der Waals surface area contributed by atoms with Gasteiger partial charge < -0.3 is 18.6 Å². The first-order valence-electron chi connectivity index (χ1n) is 12.7. The van der Waals surface area contributed by atoms with Gasteiger partial charge >= 0.3 is 5.97 Å². The average Bonchev–Trinajstić information content (AvgIpc) is 3.56. The topological polar surface area (TPSA) is 135 Å². The van der Waals surface area contributed by atoms with Gasteiger partial charge in [0, 0.05) is 32.7 Å². The van der Waals surface area contributed by atoms with E-state index in [0.29, 0.717) is 58.1 Å². The molecule has 0 saturated carbocycles. The van der Waals surface area contributed by atoms with E-state index in [-0.39, 0.29) is 23.4 Å². The number of carbonyl (C=O) groups is 1. The molecule has 43 heavy (non-hydrogen) atoms. The molecule has 4 aromatic rings. The number of nitrogens with zero attached hydrogens (tertiary/aromatic N) is 3. The standard InChI is InChI=1S/C29H23Br2N3O8S/c1-5-41-28(36)25-14(2)32-29-33(26(25)18-12-22(39-3)23(40-4)13-20(18)31)27(35)24(43-29)11-16-7-9-21(42-16)17-8-6-15(34(37)38)10-19(17)30/h6-13,26H,5H2,1-4H3/b24-11-. The number of nitro benzene ring substituents is 1. The summed E-state index contributed by atoms with van der Waals surface area (Å²) < 4.78 is 25.2. The number of fused-ring (bicyclic) bond motifs is 1. The number of carbonyl (C=O) groups excluding carboxylic acids is 1. The van der Waals surface area contributed by atoms with E-state index in [9.17, 15) is 19.7 Å². The van der Waals surface area contributed by atoms with Crippen molar-refractivity contribution in [2.45, 2.75) is 19.9 Å². The Bertz CT molecular complexity index is 1990. The Morgan fingerprint density at radius 1 is 1.14 bits per heavy atom. The van der Waals surface area contributed by atoms with Gasteiger partial charge in [-0.3, -0.25) is 19.5 Å². The highest BCUT2D eigenvalue weighted by atomic mass is 79.9. The lowest BCUT2D eigenvalue weighted by Crippen LogP contribution is -2.40. The number of hydrogen-bond acceptors (Lipinski definition) is 10. The van der Waals surface area contributed by atoms with Crippen LogP contribution in [0.15, 0.2) is 76.9 Å². The SMILES string of the molecule is CCOC(=O)C1=C(C)N=c2s/c(=C\c3ccc(-c4ccc([N+](=O)[O-])cc4Br)o3)c(=O)n2C1c1cc(OC)c(OC)cc1Br. The molecule has 0 fully saturated rings. The first-order chi connectivity index (χ1) is 20.6. The second-order valence-corrected chi connectivity index (χ2v) is 11.9. The van der Waals surface area contributed by atoms with Crippen LogP contribution in [-0.4, -0.2) is 36.3 Å². The van der Waals surface area contributed by atoms with Gasteiger partial charge in [0.1, 0.15) is 11.5 Å². The van der Waals surface area contributed by atoms with Gasteiger partial charge in [-0.25, -0.2) is 9.79 Å². The number of furan rings is 1.